The van der Waals surface area contributed by atoms with Gasteiger partial charge in [-0.3, -0.25) is 10.1 Å². The van der Waals surface area contributed by atoms with Crippen LogP contribution in [0, 0.1) is 0 Å². The summed E-state index contributed by atoms with van der Waals surface area (Å²) in [5.41, 5.74) is 2.16. The highest BCUT2D eigenvalue weighted by atomic mass is 32.2. The molecule has 0 radical (unpaired) electrons. The Morgan fingerprint density at radius 3 is 2.62 bits per heavy atom. The van der Waals surface area contributed by atoms with Crippen LogP contribution in [0.5, 0.6) is 0 Å². The summed E-state index contributed by atoms with van der Waals surface area (Å²) in [5, 5.41) is 16.1. The van der Waals surface area contributed by atoms with Gasteiger partial charge in [0.2, 0.25) is 5.91 Å². The van der Waals surface area contributed by atoms with E-state index in [1.807, 2.05) is 24.3 Å². The zero-order chi connectivity index (χ0) is 15.5. The number of aliphatic hydroxyl groups is 1. The van der Waals surface area contributed by atoms with Gasteiger partial charge in [0.05, 0.1) is 12.1 Å². The predicted molar refractivity (Wildman–Crippen MR) is 87.4 cm³/mol. The Morgan fingerprint density at radius 2 is 2.10 bits per heavy atom. The molecular formula is C16H24N2O2S. The smallest absolute Gasteiger partial charge is 0.238 e. The topological polar surface area (TPSA) is 61.4 Å². The van der Waals surface area contributed by atoms with E-state index >= 15 is 0 Å². The Labute approximate surface area is 130 Å². The van der Waals surface area contributed by atoms with Gasteiger partial charge in [0.15, 0.2) is 0 Å². The Balaban J connectivity index is 1.88. The molecule has 3 N–H and O–H groups in total. The Hall–Kier alpha value is -1.04. The number of rotatable bonds is 4. The number of hydrogen-bond donors (Lipinski definition) is 3. The van der Waals surface area contributed by atoms with Gasteiger partial charge in [-0.25, -0.2) is 0 Å². The maximum Gasteiger partial charge on any atom is 0.238 e. The lowest BCUT2D eigenvalue weighted by Crippen LogP contribution is -2.43. The van der Waals surface area contributed by atoms with E-state index < -0.39 is 6.10 Å². The van der Waals surface area contributed by atoms with Crippen LogP contribution in [0.25, 0.3) is 0 Å². The standard InChI is InChI=1S/C16H24N2O2S/c1-16(2,3)12-6-4-11(5-7-12)14(19)8-17-15(20)13-9-21-10-18-13/h4-7,13-14,18-19H,8-10H2,1-3H3,(H,17,20). The summed E-state index contributed by atoms with van der Waals surface area (Å²) in [4.78, 5) is 11.9. The van der Waals surface area contributed by atoms with E-state index in [1.165, 1.54) is 5.56 Å². The summed E-state index contributed by atoms with van der Waals surface area (Å²) < 4.78 is 0. The maximum atomic E-state index is 11.9. The average Bonchev–Trinajstić information content (AvgIpc) is 2.98. The Kier molecular flexibility index (Phi) is 5.30. The van der Waals surface area contributed by atoms with Crippen molar-refractivity contribution in [1.29, 1.82) is 0 Å². The molecule has 1 saturated heterocycles. The van der Waals surface area contributed by atoms with Gasteiger partial charge in [-0.1, -0.05) is 45.0 Å². The van der Waals surface area contributed by atoms with E-state index in [0.29, 0.717) is 0 Å². The van der Waals surface area contributed by atoms with E-state index in [0.717, 1.165) is 17.2 Å². The molecule has 2 atom stereocenters. The molecule has 1 amide bonds. The highest BCUT2D eigenvalue weighted by Gasteiger charge is 2.23. The number of carbonyl (C=O) groups is 1. The third-order valence-corrected chi connectivity index (χ3v) is 4.60. The lowest BCUT2D eigenvalue weighted by atomic mass is 9.86. The molecule has 1 aromatic carbocycles. The molecule has 2 rings (SSSR count). The second-order valence-electron chi connectivity index (χ2n) is 6.40. The first kappa shape index (κ1) is 16.3. The van der Waals surface area contributed by atoms with Crippen molar-refractivity contribution in [1.82, 2.24) is 10.6 Å². The molecule has 0 saturated carbocycles. The van der Waals surface area contributed by atoms with Crippen molar-refractivity contribution in [3.63, 3.8) is 0 Å². The number of aliphatic hydroxyl groups excluding tert-OH is 1. The van der Waals surface area contributed by atoms with Crippen molar-refractivity contribution in [2.24, 2.45) is 0 Å². The molecule has 2 unspecified atom stereocenters. The number of carbonyl (C=O) groups excluding carboxylic acids is 1. The number of thioether (sulfide) groups is 1. The van der Waals surface area contributed by atoms with Gasteiger partial charge < -0.3 is 10.4 Å². The summed E-state index contributed by atoms with van der Waals surface area (Å²) >= 11 is 1.71. The molecule has 0 bridgehead atoms. The summed E-state index contributed by atoms with van der Waals surface area (Å²) in [6.45, 7) is 6.72. The summed E-state index contributed by atoms with van der Waals surface area (Å²) in [5.74, 6) is 1.57. The molecule has 4 nitrogen and oxygen atoms in total. The van der Waals surface area contributed by atoms with Crippen LogP contribution in [-0.4, -0.2) is 35.2 Å². The van der Waals surface area contributed by atoms with E-state index in [2.05, 4.69) is 31.4 Å². The lowest BCUT2D eigenvalue weighted by molar-refractivity contribution is -0.122. The molecule has 21 heavy (non-hydrogen) atoms. The SMILES string of the molecule is CC(C)(C)c1ccc(C(O)CNC(=O)C2CSCN2)cc1. The monoisotopic (exact) mass is 308 g/mol. The summed E-state index contributed by atoms with van der Waals surface area (Å²) in [6.07, 6.45) is -0.669. The molecule has 0 aliphatic carbocycles. The molecule has 5 heteroatoms. The molecule has 1 fully saturated rings. The van der Waals surface area contributed by atoms with Gasteiger partial charge in [-0.15, -0.1) is 11.8 Å². The molecule has 116 valence electrons. The van der Waals surface area contributed by atoms with E-state index in [4.69, 9.17) is 0 Å². The van der Waals surface area contributed by atoms with Gasteiger partial charge in [0.1, 0.15) is 0 Å². The molecule has 1 aliphatic rings. The first-order valence-electron chi connectivity index (χ1n) is 7.25. The van der Waals surface area contributed by atoms with Gasteiger partial charge in [0, 0.05) is 18.2 Å². The van der Waals surface area contributed by atoms with Crippen molar-refractivity contribution in [3.8, 4) is 0 Å². The molecule has 1 aromatic rings. The fraction of sp³-hybridized carbons (Fsp3) is 0.562. The summed E-state index contributed by atoms with van der Waals surface area (Å²) in [7, 11) is 0. The minimum absolute atomic E-state index is 0.0367. The van der Waals surface area contributed by atoms with Gasteiger partial charge in [-0.2, -0.15) is 0 Å². The van der Waals surface area contributed by atoms with Crippen molar-refractivity contribution < 1.29 is 9.90 Å². The largest absolute Gasteiger partial charge is 0.387 e. The minimum Gasteiger partial charge on any atom is -0.387 e. The van der Waals surface area contributed by atoms with Crippen molar-refractivity contribution >= 4 is 17.7 Å². The Bertz CT molecular complexity index is 476. The van der Waals surface area contributed by atoms with Gasteiger partial charge >= 0.3 is 0 Å². The number of hydrogen-bond acceptors (Lipinski definition) is 4. The molecular weight excluding hydrogens is 284 g/mol. The van der Waals surface area contributed by atoms with Gasteiger partial charge in [0.25, 0.3) is 0 Å². The third-order valence-electron chi connectivity index (χ3n) is 3.66. The van der Waals surface area contributed by atoms with Crippen molar-refractivity contribution in [2.45, 2.75) is 38.3 Å². The van der Waals surface area contributed by atoms with Crippen LogP contribution in [0.4, 0.5) is 0 Å². The lowest BCUT2D eigenvalue weighted by Gasteiger charge is -2.20. The van der Waals surface area contributed by atoms with Crippen molar-refractivity contribution in [3.05, 3.63) is 35.4 Å². The van der Waals surface area contributed by atoms with Crippen LogP contribution in [-0.2, 0) is 10.2 Å². The maximum absolute atomic E-state index is 11.9. The molecule has 0 spiro atoms. The second kappa shape index (κ2) is 6.81. The van der Waals surface area contributed by atoms with Crippen LogP contribution in [0.3, 0.4) is 0 Å². The van der Waals surface area contributed by atoms with Crippen molar-refractivity contribution in [2.75, 3.05) is 18.2 Å². The fourth-order valence-electron chi connectivity index (χ4n) is 2.21. The van der Waals surface area contributed by atoms with Crippen LogP contribution in [0.1, 0.15) is 38.0 Å². The average molecular weight is 308 g/mol. The van der Waals surface area contributed by atoms with Gasteiger partial charge in [-0.05, 0) is 16.5 Å². The molecule has 1 heterocycles. The van der Waals surface area contributed by atoms with Crippen LogP contribution in [0.15, 0.2) is 24.3 Å². The van der Waals surface area contributed by atoms with E-state index in [1.54, 1.807) is 11.8 Å². The number of nitrogens with one attached hydrogen (secondary N) is 2. The van der Waals surface area contributed by atoms with Crippen LogP contribution in [0.2, 0.25) is 0 Å². The van der Waals surface area contributed by atoms with Crippen LogP contribution < -0.4 is 10.6 Å². The third kappa shape index (κ3) is 4.46. The zero-order valence-corrected chi connectivity index (χ0v) is 13.7. The van der Waals surface area contributed by atoms with Crippen LogP contribution >= 0.6 is 11.8 Å². The highest BCUT2D eigenvalue weighted by Crippen LogP contribution is 2.23. The number of benzene rings is 1. The predicted octanol–water partition coefficient (Wildman–Crippen LogP) is 1.80. The first-order chi connectivity index (χ1) is 9.88. The fourth-order valence-corrected chi connectivity index (χ4v) is 3.15. The molecule has 1 aliphatic heterocycles. The highest BCUT2D eigenvalue weighted by molar-refractivity contribution is 7.99. The zero-order valence-electron chi connectivity index (χ0n) is 12.8. The molecule has 0 aromatic heterocycles. The minimum atomic E-state index is -0.669. The first-order valence-corrected chi connectivity index (χ1v) is 8.41. The quantitative estimate of drug-likeness (QED) is 0.794. The summed E-state index contributed by atoms with van der Waals surface area (Å²) in [6, 6.07) is 7.80. The van der Waals surface area contributed by atoms with E-state index in [-0.39, 0.29) is 23.9 Å². The number of amides is 1. The van der Waals surface area contributed by atoms with E-state index in [9.17, 15) is 9.90 Å². The normalized spacial score (nSPS) is 20.3. The Morgan fingerprint density at radius 1 is 1.43 bits per heavy atom. The second-order valence-corrected chi connectivity index (χ2v) is 7.44.